The second-order valence-electron chi connectivity index (χ2n) is 6.47. The Morgan fingerprint density at radius 1 is 1.17 bits per heavy atom. The van der Waals surface area contributed by atoms with E-state index in [-0.39, 0.29) is 5.69 Å². The molecule has 134 valence electrons. The summed E-state index contributed by atoms with van der Waals surface area (Å²) in [5.41, 5.74) is -2.29. The van der Waals surface area contributed by atoms with Crippen molar-refractivity contribution in [3.05, 3.63) is 28.8 Å². The van der Waals surface area contributed by atoms with Crippen molar-refractivity contribution in [1.82, 2.24) is 0 Å². The van der Waals surface area contributed by atoms with Crippen molar-refractivity contribution in [3.63, 3.8) is 0 Å². The highest BCUT2D eigenvalue weighted by Gasteiger charge is 2.36. The zero-order valence-corrected chi connectivity index (χ0v) is 14.7. The Morgan fingerprint density at radius 2 is 1.71 bits per heavy atom. The highest BCUT2D eigenvalue weighted by atomic mass is 35.5. The van der Waals surface area contributed by atoms with E-state index in [4.69, 9.17) is 16.3 Å². The molecule has 0 bridgehead atoms. The van der Waals surface area contributed by atoms with Gasteiger partial charge in [0.1, 0.15) is 5.60 Å². The molecule has 8 heteroatoms. The minimum absolute atomic E-state index is 0.250. The summed E-state index contributed by atoms with van der Waals surface area (Å²) in [6.45, 7) is 7.82. The quantitative estimate of drug-likeness (QED) is 0.716. The summed E-state index contributed by atoms with van der Waals surface area (Å²) in [5.74, 6) is -1.30. The van der Waals surface area contributed by atoms with Crippen molar-refractivity contribution in [3.8, 4) is 0 Å². The van der Waals surface area contributed by atoms with Crippen LogP contribution in [0.4, 0.5) is 23.7 Å². The third-order valence-corrected chi connectivity index (χ3v) is 3.13. The minimum atomic E-state index is -4.71. The van der Waals surface area contributed by atoms with E-state index in [0.717, 1.165) is 6.07 Å². The first-order valence-electron chi connectivity index (χ1n) is 7.17. The number of carbonyl (C=O) groups is 2. The number of carbonyl (C=O) groups excluding carboxylic acids is 2. The van der Waals surface area contributed by atoms with Gasteiger partial charge in [0.15, 0.2) is 0 Å². The molecule has 0 aliphatic heterocycles. The number of rotatable bonds is 2. The lowest BCUT2D eigenvalue weighted by molar-refractivity contribution is -0.137. The molecule has 0 heterocycles. The summed E-state index contributed by atoms with van der Waals surface area (Å²) >= 11 is 5.57. The summed E-state index contributed by atoms with van der Waals surface area (Å²) in [6.07, 6.45) is -5.76. The number of hydrogen-bond acceptors (Lipinski definition) is 3. The van der Waals surface area contributed by atoms with Gasteiger partial charge in [-0.1, -0.05) is 25.4 Å². The van der Waals surface area contributed by atoms with Crippen molar-refractivity contribution < 1.29 is 27.5 Å². The fourth-order valence-corrected chi connectivity index (χ4v) is 1.98. The van der Waals surface area contributed by atoms with Crippen LogP contribution in [0.1, 0.15) is 40.2 Å². The summed E-state index contributed by atoms with van der Waals surface area (Å²) in [5, 5.41) is -0.521. The Bertz CT molecular complexity index is 636. The lowest BCUT2D eigenvalue weighted by Crippen LogP contribution is -2.43. The van der Waals surface area contributed by atoms with Crippen molar-refractivity contribution in [2.24, 2.45) is 5.92 Å². The molecule has 0 fully saturated rings. The first-order chi connectivity index (χ1) is 10.7. The standard InChI is InChI=1S/C16H19ClF3NO3/c1-9(2)13(22)21(14(23)24-15(3,4)5)10-6-7-12(17)11(8-10)16(18,19)20/h6-9H,1-5H3. The molecule has 1 aromatic rings. The highest BCUT2D eigenvalue weighted by Crippen LogP contribution is 2.37. The van der Waals surface area contributed by atoms with E-state index in [1.807, 2.05) is 0 Å². The lowest BCUT2D eigenvalue weighted by atomic mass is 10.1. The summed E-state index contributed by atoms with van der Waals surface area (Å²) in [7, 11) is 0. The van der Waals surface area contributed by atoms with Gasteiger partial charge < -0.3 is 4.74 Å². The van der Waals surface area contributed by atoms with Crippen LogP contribution in [-0.2, 0) is 15.7 Å². The fourth-order valence-electron chi connectivity index (χ4n) is 1.76. The number of ether oxygens (including phenoxy) is 1. The third kappa shape index (κ3) is 5.12. The molecule has 1 rings (SSSR count). The predicted molar refractivity (Wildman–Crippen MR) is 85.0 cm³/mol. The van der Waals surface area contributed by atoms with E-state index in [2.05, 4.69) is 0 Å². The van der Waals surface area contributed by atoms with Gasteiger partial charge in [-0.25, -0.2) is 9.69 Å². The molecule has 0 spiro atoms. The van der Waals surface area contributed by atoms with Crippen molar-refractivity contribution in [2.45, 2.75) is 46.4 Å². The number of amides is 2. The van der Waals surface area contributed by atoms with Crippen molar-refractivity contribution in [1.29, 1.82) is 0 Å². The van der Waals surface area contributed by atoms with E-state index in [0.29, 0.717) is 11.0 Å². The maximum absolute atomic E-state index is 13.0. The van der Waals surface area contributed by atoms with Gasteiger partial charge in [0.05, 0.1) is 16.3 Å². The van der Waals surface area contributed by atoms with Crippen molar-refractivity contribution >= 4 is 29.3 Å². The van der Waals surface area contributed by atoms with Gasteiger partial charge in [0, 0.05) is 5.92 Å². The van der Waals surface area contributed by atoms with Gasteiger partial charge in [0.2, 0.25) is 5.91 Å². The Kier molecular flexibility index (Phi) is 5.92. The fraction of sp³-hybridized carbons (Fsp3) is 0.500. The van der Waals surface area contributed by atoms with Gasteiger partial charge in [-0.05, 0) is 39.0 Å². The maximum Gasteiger partial charge on any atom is 0.421 e. The molecular formula is C16H19ClF3NO3. The van der Waals surface area contributed by atoms with E-state index in [9.17, 15) is 22.8 Å². The number of alkyl halides is 3. The highest BCUT2D eigenvalue weighted by molar-refractivity contribution is 6.31. The Labute approximate surface area is 143 Å². The molecule has 0 unspecified atom stereocenters. The van der Waals surface area contributed by atoms with Crippen LogP contribution in [-0.4, -0.2) is 17.6 Å². The topological polar surface area (TPSA) is 46.6 Å². The van der Waals surface area contributed by atoms with Crippen molar-refractivity contribution in [2.75, 3.05) is 4.90 Å². The molecule has 0 saturated carbocycles. The van der Waals surface area contributed by atoms with Gasteiger partial charge in [0.25, 0.3) is 0 Å². The Hall–Kier alpha value is -1.76. The molecular weight excluding hydrogens is 347 g/mol. The molecule has 0 aliphatic rings. The Morgan fingerprint density at radius 3 is 2.12 bits per heavy atom. The number of imide groups is 1. The number of halogens is 4. The Balaban J connectivity index is 3.41. The first-order valence-corrected chi connectivity index (χ1v) is 7.55. The minimum Gasteiger partial charge on any atom is -0.443 e. The van der Waals surface area contributed by atoms with Crippen LogP contribution in [0.25, 0.3) is 0 Å². The van der Waals surface area contributed by atoms with Gasteiger partial charge in [-0.2, -0.15) is 13.2 Å². The number of anilines is 1. The first kappa shape index (κ1) is 20.3. The molecule has 24 heavy (non-hydrogen) atoms. The number of hydrogen-bond donors (Lipinski definition) is 0. The van der Waals surface area contributed by atoms with E-state index >= 15 is 0 Å². The monoisotopic (exact) mass is 365 g/mol. The van der Waals surface area contributed by atoms with E-state index < -0.39 is 40.3 Å². The molecule has 4 nitrogen and oxygen atoms in total. The molecule has 0 atom stereocenters. The van der Waals surface area contributed by atoms with Crippen LogP contribution < -0.4 is 4.90 Å². The van der Waals surface area contributed by atoms with Crippen LogP contribution in [0, 0.1) is 5.92 Å². The number of benzene rings is 1. The molecule has 0 aliphatic carbocycles. The second-order valence-corrected chi connectivity index (χ2v) is 6.88. The molecule has 0 saturated heterocycles. The van der Waals surface area contributed by atoms with Crippen LogP contribution in [0.5, 0.6) is 0 Å². The average Bonchev–Trinajstić information content (AvgIpc) is 2.37. The predicted octanol–water partition coefficient (Wildman–Crippen LogP) is 5.28. The number of nitrogens with zero attached hydrogens (tertiary/aromatic N) is 1. The summed E-state index contributed by atoms with van der Waals surface area (Å²) < 4.78 is 44.2. The molecule has 0 N–H and O–H groups in total. The zero-order valence-electron chi connectivity index (χ0n) is 14.0. The van der Waals surface area contributed by atoms with Gasteiger partial charge in [-0.3, -0.25) is 4.79 Å². The second kappa shape index (κ2) is 7.01. The smallest absolute Gasteiger partial charge is 0.421 e. The largest absolute Gasteiger partial charge is 0.443 e. The van der Waals surface area contributed by atoms with E-state index in [1.165, 1.54) is 19.9 Å². The van der Waals surface area contributed by atoms with E-state index in [1.54, 1.807) is 20.8 Å². The average molecular weight is 366 g/mol. The molecule has 1 aromatic carbocycles. The lowest BCUT2D eigenvalue weighted by Gasteiger charge is -2.27. The summed E-state index contributed by atoms with van der Waals surface area (Å²) in [6, 6.07) is 2.82. The molecule has 2 amide bonds. The van der Waals surface area contributed by atoms with Gasteiger partial charge >= 0.3 is 12.3 Å². The van der Waals surface area contributed by atoms with Gasteiger partial charge in [-0.15, -0.1) is 0 Å². The maximum atomic E-state index is 13.0. The van der Waals surface area contributed by atoms with Crippen LogP contribution >= 0.6 is 11.6 Å². The SMILES string of the molecule is CC(C)C(=O)N(C(=O)OC(C)(C)C)c1ccc(Cl)c(C(F)(F)F)c1. The molecule has 0 radical (unpaired) electrons. The van der Waals surface area contributed by atoms with Crippen LogP contribution in [0.2, 0.25) is 5.02 Å². The third-order valence-electron chi connectivity index (χ3n) is 2.80. The normalized spacial score (nSPS) is 12.2. The zero-order chi connectivity index (χ0) is 18.9. The molecule has 0 aromatic heterocycles. The van der Waals surface area contributed by atoms with Crippen LogP contribution in [0.3, 0.4) is 0 Å². The van der Waals surface area contributed by atoms with Crippen LogP contribution in [0.15, 0.2) is 18.2 Å². The summed E-state index contributed by atoms with van der Waals surface area (Å²) in [4.78, 5) is 25.2.